The first-order chi connectivity index (χ1) is 17.6. The number of hydrogen-bond acceptors (Lipinski definition) is 0. The standard InChI is InChI=1S/C13H9.2C7H7.C5H5.C2H7Si.Ti/c1-3-7-12-10(5-1)9-11-6-2-4-8-13(11)12;2*1-7-5-3-2-4-6-7;1-2-4-5-3-1;1-3-2;/h1-9H;2*2-6H,1H2;1-3H,4H2;3H,1-2H3;. The summed E-state index contributed by atoms with van der Waals surface area (Å²) in [6.07, 6.45) is 8.48. The third-order valence-electron chi connectivity index (χ3n) is 9.52. The Labute approximate surface area is 218 Å². The van der Waals surface area contributed by atoms with Crippen molar-refractivity contribution in [1.82, 2.24) is 0 Å². The summed E-state index contributed by atoms with van der Waals surface area (Å²) in [7, 11) is 0. The van der Waals surface area contributed by atoms with E-state index in [0.717, 1.165) is 6.42 Å². The van der Waals surface area contributed by atoms with E-state index < -0.39 is 21.2 Å². The van der Waals surface area contributed by atoms with Crippen LogP contribution >= 0.6 is 0 Å². The molecule has 2 aliphatic carbocycles. The Kier molecular flexibility index (Phi) is 6.12. The van der Waals surface area contributed by atoms with Crippen molar-refractivity contribution in [2.75, 3.05) is 0 Å². The second-order valence-corrected chi connectivity index (χ2v) is 33.8. The Hall–Kier alpha value is -2.71. The van der Waals surface area contributed by atoms with Gasteiger partial charge in [-0.2, -0.15) is 0 Å². The van der Waals surface area contributed by atoms with Crippen LogP contribution in [0.2, 0.25) is 13.1 Å². The summed E-state index contributed by atoms with van der Waals surface area (Å²) in [5.74, 6) is 0. The average Bonchev–Trinajstić information content (AvgIpc) is 3.57. The first-order valence-electron chi connectivity index (χ1n) is 13.4. The molecule has 0 spiro atoms. The molecule has 0 fully saturated rings. The van der Waals surface area contributed by atoms with E-state index in [1.165, 1.54) is 31.7 Å². The molecule has 0 radical (unpaired) electrons. The molecule has 6 rings (SSSR count). The first kappa shape index (κ1) is 23.7. The van der Waals surface area contributed by atoms with Crippen LogP contribution in [0.5, 0.6) is 0 Å². The quantitative estimate of drug-likeness (QED) is 0.214. The zero-order valence-corrected chi connectivity index (χ0v) is 24.1. The van der Waals surface area contributed by atoms with Gasteiger partial charge in [0.25, 0.3) is 0 Å². The van der Waals surface area contributed by atoms with Gasteiger partial charge in [-0.3, -0.25) is 0 Å². The van der Waals surface area contributed by atoms with Crippen LogP contribution < -0.4 is 0 Å². The minimum atomic E-state index is -3.66. The summed E-state index contributed by atoms with van der Waals surface area (Å²) in [4.78, 5) is 0. The number of allylic oxidation sites excluding steroid dienone is 4. The van der Waals surface area contributed by atoms with E-state index in [4.69, 9.17) is 0 Å². The SMILES string of the molecule is C[SiH](C)[Ti]([CH2]c1ccccc1)([CH2]c1ccccc1)([C]1=CC=CC1)[CH]1c2ccccc2-c2ccccc21. The van der Waals surface area contributed by atoms with E-state index >= 15 is 0 Å². The topological polar surface area (TPSA) is 0 Å². The third kappa shape index (κ3) is 3.52. The van der Waals surface area contributed by atoms with E-state index in [-0.39, 0.29) is 0 Å². The van der Waals surface area contributed by atoms with Crippen LogP contribution in [0.4, 0.5) is 0 Å². The molecule has 0 nitrogen and oxygen atoms in total. The zero-order valence-electron chi connectivity index (χ0n) is 21.4. The first-order valence-corrected chi connectivity index (χ1v) is 22.9. The molecule has 0 heterocycles. The number of rotatable bonds is 7. The molecule has 0 amide bonds. The van der Waals surface area contributed by atoms with Crippen molar-refractivity contribution < 1.29 is 14.6 Å². The van der Waals surface area contributed by atoms with Crippen molar-refractivity contribution in [3.8, 4) is 11.1 Å². The second kappa shape index (κ2) is 9.31. The summed E-state index contributed by atoms with van der Waals surface area (Å²) in [6, 6.07) is 41.7. The van der Waals surface area contributed by atoms with Crippen molar-refractivity contribution in [3.63, 3.8) is 0 Å². The molecular weight excluding hydrogens is 484 g/mol. The molecule has 0 unspecified atom stereocenters. The van der Waals surface area contributed by atoms with Crippen LogP contribution in [0.3, 0.4) is 0 Å². The Morgan fingerprint density at radius 1 is 0.639 bits per heavy atom. The molecule has 0 aromatic heterocycles. The Bertz CT molecular complexity index is 1360. The van der Waals surface area contributed by atoms with E-state index in [0.29, 0.717) is 4.22 Å². The summed E-state index contributed by atoms with van der Waals surface area (Å²) in [5.41, 5.74) is 9.18. The van der Waals surface area contributed by atoms with E-state index in [1.54, 1.807) is 11.1 Å². The van der Waals surface area contributed by atoms with Gasteiger partial charge in [0.2, 0.25) is 0 Å². The molecular formula is C34H35SiTi. The maximum absolute atomic E-state index is 3.66. The van der Waals surface area contributed by atoms with Gasteiger partial charge in [0, 0.05) is 0 Å². The van der Waals surface area contributed by atoms with Crippen molar-refractivity contribution in [3.05, 3.63) is 154 Å². The Morgan fingerprint density at radius 2 is 1.11 bits per heavy atom. The van der Waals surface area contributed by atoms with Crippen LogP contribution in [0.15, 0.2) is 131 Å². The van der Waals surface area contributed by atoms with Gasteiger partial charge in [0.1, 0.15) is 0 Å². The molecule has 36 heavy (non-hydrogen) atoms. The normalized spacial score (nSPS) is 15.9. The van der Waals surface area contributed by atoms with Gasteiger partial charge in [-0.25, -0.2) is 0 Å². The van der Waals surface area contributed by atoms with Crippen LogP contribution in [-0.4, -0.2) is 6.66 Å². The van der Waals surface area contributed by atoms with E-state index in [9.17, 15) is 0 Å². The third-order valence-corrected chi connectivity index (χ3v) is 40.7. The van der Waals surface area contributed by atoms with Gasteiger partial charge in [0.15, 0.2) is 0 Å². The molecule has 179 valence electrons. The van der Waals surface area contributed by atoms with Gasteiger partial charge >= 0.3 is 219 Å². The molecule has 2 aliphatic rings. The second-order valence-electron chi connectivity index (χ2n) is 11.3. The summed E-state index contributed by atoms with van der Waals surface area (Å²) >= 11 is -3.66. The molecule has 0 N–H and O–H groups in total. The van der Waals surface area contributed by atoms with E-state index in [2.05, 4.69) is 141 Å². The Morgan fingerprint density at radius 3 is 1.56 bits per heavy atom. The van der Waals surface area contributed by atoms with Crippen molar-refractivity contribution in [2.45, 2.75) is 33.2 Å². The molecule has 0 aliphatic heterocycles. The fourth-order valence-corrected chi connectivity index (χ4v) is 35.7. The average molecular weight is 520 g/mol. The fraction of sp³-hybridized carbons (Fsp3) is 0.176. The van der Waals surface area contributed by atoms with Gasteiger partial charge in [0.05, 0.1) is 0 Å². The molecule has 4 aromatic carbocycles. The molecule has 2 heteroatoms. The van der Waals surface area contributed by atoms with Crippen LogP contribution in [0.25, 0.3) is 11.1 Å². The number of hydrogen-bond donors (Lipinski definition) is 0. The maximum atomic E-state index is 2.70. The van der Waals surface area contributed by atoms with Crippen LogP contribution in [0.1, 0.15) is 32.9 Å². The van der Waals surface area contributed by atoms with Crippen LogP contribution in [0, 0.1) is 0 Å². The molecule has 0 saturated carbocycles. The van der Waals surface area contributed by atoms with Gasteiger partial charge < -0.3 is 0 Å². The van der Waals surface area contributed by atoms with Gasteiger partial charge in [-0.05, 0) is 0 Å². The van der Waals surface area contributed by atoms with Crippen molar-refractivity contribution >= 4 is 6.66 Å². The summed E-state index contributed by atoms with van der Waals surface area (Å²) in [5, 5.41) is 0. The predicted octanol–water partition coefficient (Wildman–Crippen LogP) is 8.67. The summed E-state index contributed by atoms with van der Waals surface area (Å²) < 4.78 is 4.82. The molecule has 0 bridgehead atoms. The van der Waals surface area contributed by atoms with E-state index in [1.807, 2.05) is 3.88 Å². The van der Waals surface area contributed by atoms with Crippen molar-refractivity contribution in [2.24, 2.45) is 0 Å². The minimum absolute atomic E-state index is 0.507. The zero-order chi connectivity index (χ0) is 24.6. The van der Waals surface area contributed by atoms with Crippen molar-refractivity contribution in [1.29, 1.82) is 0 Å². The molecule has 0 atom stereocenters. The summed E-state index contributed by atoms with van der Waals surface area (Å²) in [6.45, 7) is 4.16. The molecule has 4 aromatic rings. The molecule has 0 saturated heterocycles. The fourth-order valence-electron chi connectivity index (χ4n) is 7.80. The Balaban J connectivity index is 1.74. The van der Waals surface area contributed by atoms with Crippen LogP contribution in [-0.2, 0) is 24.0 Å². The number of benzene rings is 4. The predicted molar refractivity (Wildman–Crippen MR) is 155 cm³/mol. The number of fused-ring (bicyclic) bond motifs is 3. The van der Waals surface area contributed by atoms with Gasteiger partial charge in [-0.15, -0.1) is 0 Å². The van der Waals surface area contributed by atoms with Gasteiger partial charge in [-0.1, -0.05) is 0 Å². The monoisotopic (exact) mass is 519 g/mol.